The Morgan fingerprint density at radius 3 is 2.25 bits per heavy atom. The first-order valence-electron chi connectivity index (χ1n) is 11.6. The van der Waals surface area contributed by atoms with Gasteiger partial charge in [0.15, 0.2) is 0 Å². The number of nitrogens with zero attached hydrogens (tertiary/aromatic N) is 2. The molecule has 0 aliphatic rings. The molecule has 2 aromatic carbocycles. The summed E-state index contributed by atoms with van der Waals surface area (Å²) in [6.07, 6.45) is -2.49. The van der Waals surface area contributed by atoms with Crippen molar-refractivity contribution < 1.29 is 31.2 Å². The minimum Gasteiger partial charge on any atom is -0.354 e. The third kappa shape index (κ3) is 8.25. The predicted octanol–water partition coefficient (Wildman–Crippen LogP) is 3.85. The second-order valence-corrected chi connectivity index (χ2v) is 10.3. The zero-order chi connectivity index (χ0) is 26.9. The molecule has 0 radical (unpaired) electrons. The lowest BCUT2D eigenvalue weighted by molar-refractivity contribution is -0.139. The van der Waals surface area contributed by atoms with Gasteiger partial charge in [-0.2, -0.15) is 13.2 Å². The summed E-state index contributed by atoms with van der Waals surface area (Å²) in [6, 6.07) is 12.2. The molecule has 0 aromatic heterocycles. The molecule has 0 aliphatic heterocycles. The number of hydrogen-bond donors (Lipinski definition) is 1. The molecule has 0 bridgehead atoms. The summed E-state index contributed by atoms with van der Waals surface area (Å²) in [5, 5.41) is 2.77. The van der Waals surface area contributed by atoms with E-state index in [2.05, 4.69) is 5.32 Å². The van der Waals surface area contributed by atoms with Gasteiger partial charge >= 0.3 is 6.18 Å². The van der Waals surface area contributed by atoms with E-state index in [9.17, 15) is 31.2 Å². The molecule has 2 aromatic rings. The first-order valence-corrected chi connectivity index (χ1v) is 13.5. The molecule has 36 heavy (non-hydrogen) atoms. The lowest BCUT2D eigenvalue weighted by Crippen LogP contribution is -2.53. The molecule has 0 heterocycles. The van der Waals surface area contributed by atoms with Crippen LogP contribution in [0.5, 0.6) is 0 Å². The van der Waals surface area contributed by atoms with Gasteiger partial charge in [-0.3, -0.25) is 13.9 Å². The van der Waals surface area contributed by atoms with Crippen molar-refractivity contribution >= 4 is 27.5 Å². The molecule has 1 atom stereocenters. The van der Waals surface area contributed by atoms with Crippen molar-refractivity contribution in [2.24, 2.45) is 0 Å². The van der Waals surface area contributed by atoms with Crippen molar-refractivity contribution in [2.75, 3.05) is 30.2 Å². The molecule has 2 rings (SSSR count). The molecule has 0 aliphatic carbocycles. The maximum Gasteiger partial charge on any atom is 0.416 e. The van der Waals surface area contributed by atoms with Crippen molar-refractivity contribution in [2.45, 2.75) is 45.3 Å². The SMILES string of the molecule is CCCNC(=O)C(CC)N(CCc1ccccc1)C(=O)CN(c1cccc(C(F)(F)F)c1)S(C)(=O)=O. The van der Waals surface area contributed by atoms with Gasteiger partial charge in [0.05, 0.1) is 17.5 Å². The molecule has 0 fully saturated rings. The molecule has 2 amide bonds. The summed E-state index contributed by atoms with van der Waals surface area (Å²) >= 11 is 0. The number of nitrogens with one attached hydrogen (secondary N) is 1. The minimum absolute atomic E-state index is 0.126. The number of rotatable bonds is 12. The number of hydrogen-bond acceptors (Lipinski definition) is 4. The third-order valence-electron chi connectivity index (χ3n) is 5.56. The number of anilines is 1. The fourth-order valence-corrected chi connectivity index (χ4v) is 4.55. The van der Waals surface area contributed by atoms with Crippen LogP contribution in [0.4, 0.5) is 18.9 Å². The van der Waals surface area contributed by atoms with E-state index in [1.165, 1.54) is 11.0 Å². The quantitative estimate of drug-likeness (QED) is 0.454. The summed E-state index contributed by atoms with van der Waals surface area (Å²) in [4.78, 5) is 27.6. The van der Waals surface area contributed by atoms with Crippen molar-refractivity contribution in [3.63, 3.8) is 0 Å². The van der Waals surface area contributed by atoms with E-state index >= 15 is 0 Å². The lowest BCUT2D eigenvalue weighted by Gasteiger charge is -2.33. The molecule has 7 nitrogen and oxygen atoms in total. The molecule has 1 unspecified atom stereocenters. The first kappa shape index (κ1) is 29.2. The second kappa shape index (κ2) is 12.8. The largest absolute Gasteiger partial charge is 0.416 e. The minimum atomic E-state index is -4.68. The zero-order valence-corrected chi connectivity index (χ0v) is 21.4. The summed E-state index contributed by atoms with van der Waals surface area (Å²) < 4.78 is 65.4. The summed E-state index contributed by atoms with van der Waals surface area (Å²) in [5.41, 5.74) is -0.406. The average Bonchev–Trinajstić information content (AvgIpc) is 2.82. The Labute approximate surface area is 210 Å². The molecule has 1 N–H and O–H groups in total. The molecule has 11 heteroatoms. The molecule has 0 saturated heterocycles. The van der Waals surface area contributed by atoms with Crippen LogP contribution < -0.4 is 9.62 Å². The lowest BCUT2D eigenvalue weighted by atomic mass is 10.1. The molecular formula is C25H32F3N3O4S. The van der Waals surface area contributed by atoms with Crippen LogP contribution in [0.2, 0.25) is 0 Å². The van der Waals surface area contributed by atoms with Crippen LogP contribution in [0.15, 0.2) is 54.6 Å². The summed E-state index contributed by atoms with van der Waals surface area (Å²) in [5.74, 6) is -1.06. The highest BCUT2D eigenvalue weighted by Crippen LogP contribution is 2.32. The number of carbonyl (C=O) groups is 2. The maximum absolute atomic E-state index is 13.5. The standard InChI is InChI=1S/C25H32F3N3O4S/c1-4-15-29-24(33)22(5-2)30(16-14-19-10-7-6-8-11-19)23(32)18-31(36(3,34)35)21-13-9-12-20(17-21)25(26,27)28/h6-13,17,22H,4-5,14-16,18H2,1-3H3,(H,29,33). The van der Waals surface area contributed by atoms with E-state index < -0.39 is 40.3 Å². The highest BCUT2D eigenvalue weighted by Gasteiger charge is 2.34. The van der Waals surface area contributed by atoms with Crippen LogP contribution in [0, 0.1) is 0 Å². The number of amides is 2. The number of benzene rings is 2. The van der Waals surface area contributed by atoms with Crippen molar-refractivity contribution in [3.05, 3.63) is 65.7 Å². The van der Waals surface area contributed by atoms with E-state index in [1.54, 1.807) is 6.92 Å². The Kier molecular flexibility index (Phi) is 10.3. The zero-order valence-electron chi connectivity index (χ0n) is 20.6. The molecule has 0 saturated carbocycles. The van der Waals surface area contributed by atoms with E-state index in [0.29, 0.717) is 29.8 Å². The van der Waals surface area contributed by atoms with Gasteiger partial charge in [0, 0.05) is 13.1 Å². The Hall–Kier alpha value is -3.08. The van der Waals surface area contributed by atoms with Gasteiger partial charge < -0.3 is 10.2 Å². The van der Waals surface area contributed by atoms with Gasteiger partial charge in [-0.25, -0.2) is 8.42 Å². The summed E-state index contributed by atoms with van der Waals surface area (Å²) in [7, 11) is -4.12. The maximum atomic E-state index is 13.5. The monoisotopic (exact) mass is 527 g/mol. The Morgan fingerprint density at radius 1 is 1.03 bits per heavy atom. The van der Waals surface area contributed by atoms with Crippen LogP contribution in [0.1, 0.15) is 37.8 Å². The van der Waals surface area contributed by atoms with Gasteiger partial charge in [-0.05, 0) is 43.0 Å². The highest BCUT2D eigenvalue weighted by atomic mass is 32.2. The van der Waals surface area contributed by atoms with Crippen LogP contribution in [-0.2, 0) is 32.2 Å². The molecule has 198 valence electrons. The Balaban J connectivity index is 2.40. The molecular weight excluding hydrogens is 495 g/mol. The Morgan fingerprint density at radius 2 is 1.69 bits per heavy atom. The first-order chi connectivity index (χ1) is 16.9. The van der Waals surface area contributed by atoms with Crippen molar-refractivity contribution in [3.8, 4) is 0 Å². The summed E-state index contributed by atoms with van der Waals surface area (Å²) in [6.45, 7) is 3.42. The average molecular weight is 528 g/mol. The number of sulfonamides is 1. The molecule has 0 spiro atoms. The van der Waals surface area contributed by atoms with Gasteiger partial charge in [0.25, 0.3) is 0 Å². The van der Waals surface area contributed by atoms with Crippen molar-refractivity contribution in [1.29, 1.82) is 0 Å². The number of alkyl halides is 3. The van der Waals surface area contributed by atoms with Gasteiger partial charge in [0.2, 0.25) is 21.8 Å². The van der Waals surface area contributed by atoms with E-state index in [1.807, 2.05) is 37.3 Å². The fraction of sp³-hybridized carbons (Fsp3) is 0.440. The van der Waals surface area contributed by atoms with Crippen LogP contribution in [0.25, 0.3) is 0 Å². The van der Waals surface area contributed by atoms with E-state index in [4.69, 9.17) is 0 Å². The van der Waals surface area contributed by atoms with Crippen LogP contribution in [0.3, 0.4) is 0 Å². The van der Waals surface area contributed by atoms with Crippen molar-refractivity contribution in [1.82, 2.24) is 10.2 Å². The Bertz CT molecular complexity index is 1120. The topological polar surface area (TPSA) is 86.8 Å². The van der Waals surface area contributed by atoms with Crippen LogP contribution >= 0.6 is 0 Å². The van der Waals surface area contributed by atoms with E-state index in [0.717, 1.165) is 24.0 Å². The van der Waals surface area contributed by atoms with Gasteiger partial charge in [-0.1, -0.05) is 50.2 Å². The van der Waals surface area contributed by atoms with Crippen LogP contribution in [-0.4, -0.2) is 57.1 Å². The number of carbonyl (C=O) groups excluding carboxylic acids is 2. The van der Waals surface area contributed by atoms with E-state index in [-0.39, 0.29) is 24.6 Å². The predicted molar refractivity (Wildman–Crippen MR) is 133 cm³/mol. The highest BCUT2D eigenvalue weighted by molar-refractivity contribution is 7.92. The normalized spacial score (nSPS) is 12.6. The van der Waals surface area contributed by atoms with Gasteiger partial charge in [0.1, 0.15) is 12.6 Å². The third-order valence-corrected chi connectivity index (χ3v) is 6.70. The second-order valence-electron chi connectivity index (χ2n) is 8.36. The number of halogens is 3. The fourth-order valence-electron chi connectivity index (χ4n) is 3.71. The smallest absolute Gasteiger partial charge is 0.354 e. The van der Waals surface area contributed by atoms with Gasteiger partial charge in [-0.15, -0.1) is 0 Å².